The SMILES string of the molecule is CN(Cc1cnc2ccccn12)C(=O)NCCc1noc(C2CCCO2)n1. The van der Waals surface area contributed by atoms with Crippen molar-refractivity contribution in [3.05, 3.63) is 48.0 Å². The Morgan fingerprint density at radius 3 is 3.22 bits per heavy atom. The van der Waals surface area contributed by atoms with Gasteiger partial charge in [-0.3, -0.25) is 0 Å². The topological polar surface area (TPSA) is 97.8 Å². The van der Waals surface area contributed by atoms with Gasteiger partial charge in [0, 0.05) is 32.8 Å². The Bertz CT molecular complexity index is 915. The highest BCUT2D eigenvalue weighted by atomic mass is 16.5. The normalized spacial score (nSPS) is 16.7. The lowest BCUT2D eigenvalue weighted by atomic mass is 10.2. The number of fused-ring (bicyclic) bond motifs is 1. The molecule has 9 heteroatoms. The summed E-state index contributed by atoms with van der Waals surface area (Å²) in [6.07, 6.45) is 6.06. The molecule has 0 aliphatic carbocycles. The number of ether oxygens (including phenoxy) is 1. The number of nitrogens with one attached hydrogen (secondary N) is 1. The molecule has 0 spiro atoms. The number of pyridine rings is 1. The predicted molar refractivity (Wildman–Crippen MR) is 96.0 cm³/mol. The third-order valence-corrected chi connectivity index (χ3v) is 4.55. The minimum Gasteiger partial charge on any atom is -0.368 e. The average molecular weight is 370 g/mol. The van der Waals surface area contributed by atoms with Crippen molar-refractivity contribution in [3.63, 3.8) is 0 Å². The van der Waals surface area contributed by atoms with Gasteiger partial charge in [0.1, 0.15) is 11.8 Å². The van der Waals surface area contributed by atoms with Gasteiger partial charge in [-0.15, -0.1) is 0 Å². The molecule has 1 atom stereocenters. The van der Waals surface area contributed by atoms with Gasteiger partial charge < -0.3 is 23.9 Å². The van der Waals surface area contributed by atoms with Gasteiger partial charge >= 0.3 is 6.03 Å². The second-order valence-electron chi connectivity index (χ2n) is 6.57. The maximum Gasteiger partial charge on any atom is 0.317 e. The molecule has 9 nitrogen and oxygen atoms in total. The van der Waals surface area contributed by atoms with E-state index in [1.54, 1.807) is 18.1 Å². The molecule has 4 rings (SSSR count). The van der Waals surface area contributed by atoms with E-state index in [9.17, 15) is 4.79 Å². The Labute approximate surface area is 156 Å². The number of amides is 2. The molecule has 1 unspecified atom stereocenters. The van der Waals surface area contributed by atoms with Crippen molar-refractivity contribution in [2.24, 2.45) is 0 Å². The zero-order chi connectivity index (χ0) is 18.6. The van der Waals surface area contributed by atoms with Crippen LogP contribution in [0.4, 0.5) is 4.79 Å². The van der Waals surface area contributed by atoms with Crippen LogP contribution in [0, 0.1) is 0 Å². The summed E-state index contributed by atoms with van der Waals surface area (Å²) in [7, 11) is 1.75. The highest BCUT2D eigenvalue weighted by molar-refractivity contribution is 5.73. The molecule has 142 valence electrons. The lowest BCUT2D eigenvalue weighted by Crippen LogP contribution is -2.38. The van der Waals surface area contributed by atoms with Crippen molar-refractivity contribution in [1.29, 1.82) is 0 Å². The molecule has 1 saturated heterocycles. The van der Waals surface area contributed by atoms with Crippen molar-refractivity contribution in [2.45, 2.75) is 31.9 Å². The summed E-state index contributed by atoms with van der Waals surface area (Å²) in [4.78, 5) is 22.6. The van der Waals surface area contributed by atoms with Crippen LogP contribution in [0.15, 0.2) is 35.1 Å². The zero-order valence-corrected chi connectivity index (χ0v) is 15.2. The van der Waals surface area contributed by atoms with Gasteiger partial charge in [-0.25, -0.2) is 9.78 Å². The Kier molecular flexibility index (Phi) is 5.01. The first-order valence-corrected chi connectivity index (χ1v) is 9.05. The molecule has 0 saturated carbocycles. The smallest absolute Gasteiger partial charge is 0.317 e. The van der Waals surface area contributed by atoms with E-state index < -0.39 is 0 Å². The van der Waals surface area contributed by atoms with E-state index in [2.05, 4.69) is 20.4 Å². The molecule has 0 aromatic carbocycles. The van der Waals surface area contributed by atoms with Gasteiger partial charge in [0.05, 0.1) is 18.4 Å². The fraction of sp³-hybridized carbons (Fsp3) is 0.444. The largest absolute Gasteiger partial charge is 0.368 e. The van der Waals surface area contributed by atoms with Gasteiger partial charge in [-0.2, -0.15) is 4.98 Å². The second kappa shape index (κ2) is 7.75. The maximum atomic E-state index is 12.3. The minimum absolute atomic E-state index is 0.0857. The van der Waals surface area contributed by atoms with Crippen LogP contribution in [-0.2, 0) is 17.7 Å². The number of imidazole rings is 1. The first-order valence-electron chi connectivity index (χ1n) is 9.05. The van der Waals surface area contributed by atoms with Crippen LogP contribution in [-0.4, -0.2) is 50.7 Å². The second-order valence-corrected chi connectivity index (χ2v) is 6.57. The van der Waals surface area contributed by atoms with E-state index >= 15 is 0 Å². The number of aromatic nitrogens is 4. The number of hydrogen-bond acceptors (Lipinski definition) is 6. The van der Waals surface area contributed by atoms with Crippen molar-refractivity contribution in [2.75, 3.05) is 20.2 Å². The predicted octanol–water partition coefficient (Wildman–Crippen LogP) is 1.95. The minimum atomic E-state index is -0.163. The number of carbonyl (C=O) groups excluding carboxylic acids is 1. The molecule has 2 amide bonds. The molecule has 1 N–H and O–H groups in total. The van der Waals surface area contributed by atoms with E-state index in [4.69, 9.17) is 9.26 Å². The van der Waals surface area contributed by atoms with E-state index in [1.165, 1.54) is 0 Å². The molecule has 0 radical (unpaired) electrons. The number of nitrogens with zero attached hydrogens (tertiary/aromatic N) is 5. The summed E-state index contributed by atoms with van der Waals surface area (Å²) in [6, 6.07) is 5.64. The van der Waals surface area contributed by atoms with Crippen LogP contribution in [0.1, 0.15) is 36.4 Å². The summed E-state index contributed by atoms with van der Waals surface area (Å²) >= 11 is 0. The molecular formula is C18H22N6O3. The number of carbonyl (C=O) groups is 1. The molecule has 3 aromatic rings. The standard InChI is InChI=1S/C18H22N6O3/c1-23(12-13-11-20-16-6-2-3-9-24(13)16)18(25)19-8-7-15-21-17(27-22-15)14-5-4-10-26-14/h2-3,6,9,11,14H,4-5,7-8,10,12H2,1H3,(H,19,25). The van der Waals surface area contributed by atoms with Crippen LogP contribution in [0.2, 0.25) is 0 Å². The molecule has 1 aliphatic rings. The van der Waals surface area contributed by atoms with Gasteiger partial charge in [0.2, 0.25) is 0 Å². The molecule has 4 heterocycles. The maximum absolute atomic E-state index is 12.3. The average Bonchev–Trinajstić information content (AvgIpc) is 3.42. The lowest BCUT2D eigenvalue weighted by Gasteiger charge is -2.17. The zero-order valence-electron chi connectivity index (χ0n) is 15.2. The van der Waals surface area contributed by atoms with Crippen LogP contribution >= 0.6 is 0 Å². The van der Waals surface area contributed by atoms with Gasteiger partial charge in [0.15, 0.2) is 5.82 Å². The van der Waals surface area contributed by atoms with Gasteiger partial charge in [-0.05, 0) is 25.0 Å². The molecule has 27 heavy (non-hydrogen) atoms. The lowest BCUT2D eigenvalue weighted by molar-refractivity contribution is 0.0835. The van der Waals surface area contributed by atoms with Crippen LogP contribution in [0.25, 0.3) is 5.65 Å². The van der Waals surface area contributed by atoms with E-state index in [0.717, 1.165) is 30.8 Å². The third-order valence-electron chi connectivity index (χ3n) is 4.55. The summed E-state index contributed by atoms with van der Waals surface area (Å²) in [6.45, 7) is 1.63. The quantitative estimate of drug-likeness (QED) is 0.712. The first kappa shape index (κ1) is 17.5. The molecule has 1 fully saturated rings. The summed E-state index contributed by atoms with van der Waals surface area (Å²) in [5.74, 6) is 1.10. The van der Waals surface area contributed by atoms with Crippen LogP contribution < -0.4 is 5.32 Å². The van der Waals surface area contributed by atoms with E-state index in [0.29, 0.717) is 31.2 Å². The third kappa shape index (κ3) is 3.92. The summed E-state index contributed by atoms with van der Waals surface area (Å²) in [5.41, 5.74) is 1.81. The molecular weight excluding hydrogens is 348 g/mol. The van der Waals surface area contributed by atoms with E-state index in [-0.39, 0.29) is 12.1 Å². The highest BCUT2D eigenvalue weighted by Crippen LogP contribution is 2.26. The van der Waals surface area contributed by atoms with Crippen LogP contribution in [0.3, 0.4) is 0 Å². The molecule has 3 aromatic heterocycles. The van der Waals surface area contributed by atoms with Crippen molar-refractivity contribution >= 4 is 11.7 Å². The van der Waals surface area contributed by atoms with Crippen LogP contribution in [0.5, 0.6) is 0 Å². The summed E-state index contributed by atoms with van der Waals surface area (Å²) in [5, 5.41) is 6.83. The Hall–Kier alpha value is -2.94. The van der Waals surface area contributed by atoms with Crippen molar-refractivity contribution in [3.8, 4) is 0 Å². The monoisotopic (exact) mass is 370 g/mol. The molecule has 0 bridgehead atoms. The fourth-order valence-electron chi connectivity index (χ4n) is 3.11. The van der Waals surface area contributed by atoms with Crippen molar-refractivity contribution in [1.82, 2.24) is 29.7 Å². The van der Waals surface area contributed by atoms with Gasteiger partial charge in [-0.1, -0.05) is 11.2 Å². The van der Waals surface area contributed by atoms with Crippen molar-refractivity contribution < 1.29 is 14.1 Å². The van der Waals surface area contributed by atoms with E-state index in [1.807, 2.05) is 28.8 Å². The first-order chi connectivity index (χ1) is 13.2. The highest BCUT2D eigenvalue weighted by Gasteiger charge is 2.23. The Morgan fingerprint density at radius 2 is 2.37 bits per heavy atom. The Balaban J connectivity index is 1.26. The Morgan fingerprint density at radius 1 is 1.44 bits per heavy atom. The summed E-state index contributed by atoms with van der Waals surface area (Å²) < 4.78 is 12.7. The number of urea groups is 1. The number of rotatable bonds is 6. The molecule has 1 aliphatic heterocycles. The van der Waals surface area contributed by atoms with Gasteiger partial charge in [0.25, 0.3) is 5.89 Å². The fourth-order valence-corrected chi connectivity index (χ4v) is 3.11. The number of hydrogen-bond donors (Lipinski definition) is 1.